The van der Waals surface area contributed by atoms with Crippen LogP contribution in [0, 0.1) is 0 Å². The van der Waals surface area contributed by atoms with Crippen molar-refractivity contribution in [2.45, 2.75) is 12.8 Å². The molecule has 0 saturated carbocycles. The number of ether oxygens (including phenoxy) is 4. The molecule has 0 unspecified atom stereocenters. The molecule has 0 bridgehead atoms. The summed E-state index contributed by atoms with van der Waals surface area (Å²) in [6, 6.07) is 0. The molecule has 0 aliphatic heterocycles. The van der Waals surface area contributed by atoms with Gasteiger partial charge in [-0.3, -0.25) is 9.59 Å². The van der Waals surface area contributed by atoms with Crippen LogP contribution in [0.1, 0.15) is 12.8 Å². The molecule has 0 amide bonds. The Bertz CT molecular complexity index is 229. The third-order valence-corrected chi connectivity index (χ3v) is 1.86. The van der Waals surface area contributed by atoms with Crippen molar-refractivity contribution >= 4 is 11.9 Å². The maximum atomic E-state index is 11.1. The molecule has 0 aliphatic carbocycles. The lowest BCUT2D eigenvalue weighted by Crippen LogP contribution is -2.14. The lowest BCUT2D eigenvalue weighted by Gasteiger charge is -2.06. The van der Waals surface area contributed by atoms with Crippen LogP contribution < -0.4 is 0 Å². The third kappa shape index (κ3) is 11.3. The van der Waals surface area contributed by atoms with E-state index >= 15 is 0 Å². The minimum Gasteiger partial charge on any atom is -0.469 e. The molecule has 106 valence electrons. The first-order valence-electron chi connectivity index (χ1n) is 5.69. The average Bonchev–Trinajstić information content (AvgIpc) is 2.39. The van der Waals surface area contributed by atoms with Crippen molar-refractivity contribution in [2.75, 3.05) is 46.8 Å². The Balaban J connectivity index is 3.22. The molecule has 0 aliphatic rings. The number of methoxy groups -OCH3 is 1. The summed E-state index contributed by atoms with van der Waals surface area (Å²) < 4.78 is 19.3. The molecule has 0 aromatic heterocycles. The highest BCUT2D eigenvalue weighted by Gasteiger charge is 2.07. The van der Waals surface area contributed by atoms with E-state index < -0.39 is 11.9 Å². The van der Waals surface area contributed by atoms with Crippen molar-refractivity contribution < 1.29 is 33.6 Å². The number of hydrogen-bond acceptors (Lipinski definition) is 7. The summed E-state index contributed by atoms with van der Waals surface area (Å²) in [7, 11) is 1.26. The Hall–Kier alpha value is -1.18. The van der Waals surface area contributed by atoms with E-state index in [1.165, 1.54) is 7.11 Å². The second kappa shape index (κ2) is 12.3. The van der Waals surface area contributed by atoms with Crippen LogP contribution in [0.5, 0.6) is 0 Å². The molecule has 18 heavy (non-hydrogen) atoms. The van der Waals surface area contributed by atoms with Gasteiger partial charge in [0.25, 0.3) is 0 Å². The van der Waals surface area contributed by atoms with Crippen molar-refractivity contribution in [3.05, 3.63) is 0 Å². The molecule has 0 rings (SSSR count). The number of hydrogen-bond donors (Lipinski definition) is 1. The van der Waals surface area contributed by atoms with Gasteiger partial charge in [0.15, 0.2) is 0 Å². The number of esters is 2. The standard InChI is InChI=1S/C11H20O7/c1-15-10(13)2-3-11(14)18-9-8-17-7-6-16-5-4-12/h12H,2-9H2,1H3. The molecule has 0 aromatic rings. The smallest absolute Gasteiger partial charge is 0.306 e. The molecule has 7 nitrogen and oxygen atoms in total. The van der Waals surface area contributed by atoms with Crippen molar-refractivity contribution in [1.82, 2.24) is 0 Å². The lowest BCUT2D eigenvalue weighted by atomic mass is 10.3. The summed E-state index contributed by atoms with van der Waals surface area (Å²) in [6.45, 7) is 1.44. The maximum absolute atomic E-state index is 11.1. The van der Waals surface area contributed by atoms with Gasteiger partial charge in [-0.2, -0.15) is 0 Å². The monoisotopic (exact) mass is 264 g/mol. The SMILES string of the molecule is COC(=O)CCC(=O)OCCOCCOCCO. The zero-order valence-corrected chi connectivity index (χ0v) is 10.6. The predicted molar refractivity (Wildman–Crippen MR) is 60.9 cm³/mol. The molecular weight excluding hydrogens is 244 g/mol. The van der Waals surface area contributed by atoms with E-state index in [0.717, 1.165) is 0 Å². The summed E-state index contributed by atoms with van der Waals surface area (Å²) in [5.41, 5.74) is 0. The minimum atomic E-state index is -0.458. The first-order chi connectivity index (χ1) is 8.70. The number of rotatable bonds is 11. The van der Waals surface area contributed by atoms with Crippen LogP contribution in [0.3, 0.4) is 0 Å². The first kappa shape index (κ1) is 16.8. The average molecular weight is 264 g/mol. The van der Waals surface area contributed by atoms with Crippen molar-refractivity contribution in [2.24, 2.45) is 0 Å². The van der Waals surface area contributed by atoms with Crippen molar-refractivity contribution in [1.29, 1.82) is 0 Å². The van der Waals surface area contributed by atoms with Gasteiger partial charge in [-0.1, -0.05) is 0 Å². The topological polar surface area (TPSA) is 91.3 Å². The summed E-state index contributed by atoms with van der Waals surface area (Å²) >= 11 is 0. The van der Waals surface area contributed by atoms with Crippen LogP contribution in [0.4, 0.5) is 0 Å². The molecule has 7 heteroatoms. The summed E-state index contributed by atoms with van der Waals surface area (Å²) in [6.07, 6.45) is 0.0253. The summed E-state index contributed by atoms with van der Waals surface area (Å²) in [5, 5.41) is 8.42. The second-order valence-corrected chi connectivity index (χ2v) is 3.24. The molecule has 0 heterocycles. The van der Waals surface area contributed by atoms with Gasteiger partial charge >= 0.3 is 11.9 Å². The molecule has 0 spiro atoms. The number of carbonyl (C=O) groups is 2. The Morgan fingerprint density at radius 2 is 1.44 bits per heavy atom. The third-order valence-electron chi connectivity index (χ3n) is 1.86. The highest BCUT2D eigenvalue weighted by atomic mass is 16.6. The molecule has 0 fully saturated rings. The van der Waals surface area contributed by atoms with E-state index in [4.69, 9.17) is 19.3 Å². The largest absolute Gasteiger partial charge is 0.469 e. The van der Waals surface area contributed by atoms with Gasteiger partial charge < -0.3 is 24.1 Å². The fourth-order valence-electron chi connectivity index (χ4n) is 0.979. The van der Waals surface area contributed by atoms with E-state index in [2.05, 4.69) is 4.74 Å². The molecule has 0 radical (unpaired) electrons. The number of carbonyl (C=O) groups excluding carboxylic acids is 2. The summed E-state index contributed by atoms with van der Waals surface area (Å²) in [5.74, 6) is -0.898. The summed E-state index contributed by atoms with van der Waals surface area (Å²) in [4.78, 5) is 21.8. The second-order valence-electron chi connectivity index (χ2n) is 3.24. The lowest BCUT2D eigenvalue weighted by molar-refractivity contribution is -0.150. The fraction of sp³-hybridized carbons (Fsp3) is 0.818. The van der Waals surface area contributed by atoms with E-state index in [9.17, 15) is 9.59 Å². The molecule has 1 N–H and O–H groups in total. The highest BCUT2D eigenvalue weighted by Crippen LogP contribution is 1.94. The van der Waals surface area contributed by atoms with E-state index in [1.54, 1.807) is 0 Å². The minimum absolute atomic E-state index is 0.00623. The van der Waals surface area contributed by atoms with Crippen molar-refractivity contribution in [3.63, 3.8) is 0 Å². The zero-order valence-electron chi connectivity index (χ0n) is 10.6. The Morgan fingerprint density at radius 3 is 2.06 bits per heavy atom. The molecule has 0 atom stereocenters. The van der Waals surface area contributed by atoms with E-state index in [-0.39, 0.29) is 39.3 Å². The Labute approximate surface area is 106 Å². The predicted octanol–water partition coefficient (Wildman–Crippen LogP) is -0.492. The first-order valence-corrected chi connectivity index (χ1v) is 5.69. The Kier molecular flexibility index (Phi) is 11.5. The van der Waals surface area contributed by atoms with Crippen LogP contribution in [0.15, 0.2) is 0 Å². The molecular formula is C11H20O7. The van der Waals surface area contributed by atoms with Crippen LogP contribution in [0.2, 0.25) is 0 Å². The van der Waals surface area contributed by atoms with Gasteiger partial charge in [-0.25, -0.2) is 0 Å². The Morgan fingerprint density at radius 1 is 0.889 bits per heavy atom. The van der Waals surface area contributed by atoms with Crippen LogP contribution in [0.25, 0.3) is 0 Å². The number of aliphatic hydroxyl groups excluding tert-OH is 1. The zero-order chi connectivity index (χ0) is 13.6. The number of aliphatic hydroxyl groups is 1. The van der Waals surface area contributed by atoms with Gasteiger partial charge in [0.2, 0.25) is 0 Å². The normalized spacial score (nSPS) is 10.1. The maximum Gasteiger partial charge on any atom is 0.306 e. The van der Waals surface area contributed by atoms with Gasteiger partial charge in [-0.05, 0) is 0 Å². The molecule has 0 saturated heterocycles. The van der Waals surface area contributed by atoms with Gasteiger partial charge in [0, 0.05) is 0 Å². The van der Waals surface area contributed by atoms with Gasteiger partial charge in [-0.15, -0.1) is 0 Å². The molecule has 0 aromatic carbocycles. The van der Waals surface area contributed by atoms with Crippen LogP contribution in [-0.2, 0) is 28.5 Å². The van der Waals surface area contributed by atoms with E-state index in [0.29, 0.717) is 13.2 Å². The quantitative estimate of drug-likeness (QED) is 0.397. The van der Waals surface area contributed by atoms with Gasteiger partial charge in [0.05, 0.1) is 53.0 Å². The van der Waals surface area contributed by atoms with Crippen LogP contribution >= 0.6 is 0 Å². The van der Waals surface area contributed by atoms with Crippen LogP contribution in [-0.4, -0.2) is 63.8 Å². The van der Waals surface area contributed by atoms with E-state index in [1.807, 2.05) is 0 Å². The van der Waals surface area contributed by atoms with Crippen molar-refractivity contribution in [3.8, 4) is 0 Å². The highest BCUT2D eigenvalue weighted by molar-refractivity contribution is 5.77. The fourth-order valence-corrected chi connectivity index (χ4v) is 0.979. The van der Waals surface area contributed by atoms with Gasteiger partial charge in [0.1, 0.15) is 6.61 Å².